The fraction of sp³-hybridized carbons (Fsp3) is 0.478. The molecule has 1 heterocycles. The van der Waals surface area contributed by atoms with E-state index in [-0.39, 0.29) is 5.75 Å². The number of hydrogen-bond donors (Lipinski definition) is 0. The summed E-state index contributed by atoms with van der Waals surface area (Å²) in [5.74, 6) is 0.587. The standard InChI is InChI=1S/C23H32N2O3S/c1-4-6-16-29(26,27)22-18-20(25-14-12-24(5-2)13-15-25)17-21(23(22)28-3)19-10-8-7-9-11-19/h7-11,17-18H,4-6,12-16H2,1-3H3. The average molecular weight is 417 g/mol. The van der Waals surface area contributed by atoms with Crippen LogP contribution in [0.2, 0.25) is 0 Å². The van der Waals surface area contributed by atoms with Crippen molar-refractivity contribution in [3.05, 3.63) is 42.5 Å². The second kappa shape index (κ2) is 9.63. The normalized spacial score (nSPS) is 15.5. The molecular formula is C23H32N2O3S. The molecule has 2 aromatic rings. The fourth-order valence-corrected chi connectivity index (χ4v) is 5.48. The van der Waals surface area contributed by atoms with Gasteiger partial charge in [0, 0.05) is 37.4 Å². The van der Waals surface area contributed by atoms with Gasteiger partial charge < -0.3 is 14.5 Å². The lowest BCUT2D eigenvalue weighted by molar-refractivity contribution is 0.271. The summed E-state index contributed by atoms with van der Waals surface area (Å²) in [6, 6.07) is 13.8. The van der Waals surface area contributed by atoms with Gasteiger partial charge >= 0.3 is 0 Å². The van der Waals surface area contributed by atoms with Crippen LogP contribution in [0.5, 0.6) is 5.75 Å². The molecule has 158 valence electrons. The Morgan fingerprint density at radius 1 is 1.00 bits per heavy atom. The molecular weight excluding hydrogens is 384 g/mol. The van der Waals surface area contributed by atoms with Crippen molar-refractivity contribution in [2.75, 3.05) is 50.5 Å². The maximum absolute atomic E-state index is 13.2. The van der Waals surface area contributed by atoms with Crippen LogP contribution in [0.15, 0.2) is 47.4 Å². The van der Waals surface area contributed by atoms with Crippen molar-refractivity contribution < 1.29 is 13.2 Å². The highest BCUT2D eigenvalue weighted by molar-refractivity contribution is 7.91. The summed E-state index contributed by atoms with van der Waals surface area (Å²) in [6.07, 6.45) is 1.48. The van der Waals surface area contributed by atoms with Crippen LogP contribution in [0.25, 0.3) is 11.1 Å². The van der Waals surface area contributed by atoms with Gasteiger partial charge in [0.1, 0.15) is 10.6 Å². The zero-order chi connectivity index (χ0) is 20.9. The summed E-state index contributed by atoms with van der Waals surface area (Å²) in [5, 5.41) is 0. The first-order valence-electron chi connectivity index (χ1n) is 10.5. The Morgan fingerprint density at radius 2 is 1.69 bits per heavy atom. The molecule has 0 unspecified atom stereocenters. The van der Waals surface area contributed by atoms with Crippen LogP contribution in [-0.2, 0) is 9.84 Å². The van der Waals surface area contributed by atoms with Gasteiger partial charge in [-0.3, -0.25) is 0 Å². The third kappa shape index (κ3) is 4.93. The topological polar surface area (TPSA) is 49.9 Å². The van der Waals surface area contributed by atoms with Gasteiger partial charge in [-0.15, -0.1) is 0 Å². The van der Waals surface area contributed by atoms with Crippen molar-refractivity contribution in [2.24, 2.45) is 0 Å². The van der Waals surface area contributed by atoms with Crippen LogP contribution < -0.4 is 9.64 Å². The van der Waals surface area contributed by atoms with Crippen LogP contribution in [0.4, 0.5) is 5.69 Å². The highest BCUT2D eigenvalue weighted by Crippen LogP contribution is 2.40. The van der Waals surface area contributed by atoms with Gasteiger partial charge in [0.05, 0.1) is 12.9 Å². The van der Waals surface area contributed by atoms with E-state index in [1.54, 1.807) is 7.11 Å². The molecule has 29 heavy (non-hydrogen) atoms. The monoisotopic (exact) mass is 416 g/mol. The number of unbranched alkanes of at least 4 members (excludes halogenated alkanes) is 1. The zero-order valence-electron chi connectivity index (χ0n) is 17.7. The minimum Gasteiger partial charge on any atom is -0.495 e. The van der Waals surface area contributed by atoms with E-state index >= 15 is 0 Å². The van der Waals surface area contributed by atoms with E-state index in [4.69, 9.17) is 4.74 Å². The maximum atomic E-state index is 13.2. The Kier molecular flexibility index (Phi) is 7.19. The maximum Gasteiger partial charge on any atom is 0.182 e. The third-order valence-electron chi connectivity index (χ3n) is 5.61. The molecule has 0 amide bonds. The number of sulfone groups is 1. The van der Waals surface area contributed by atoms with Crippen molar-refractivity contribution in [3.8, 4) is 16.9 Å². The van der Waals surface area contributed by atoms with E-state index < -0.39 is 9.84 Å². The molecule has 1 saturated heterocycles. The molecule has 0 aromatic heterocycles. The first kappa shape index (κ1) is 21.7. The van der Waals surface area contributed by atoms with E-state index in [2.05, 4.69) is 22.8 Å². The molecule has 3 rings (SSSR count). The van der Waals surface area contributed by atoms with Crippen molar-refractivity contribution in [3.63, 3.8) is 0 Å². The SMILES string of the molecule is CCCCS(=O)(=O)c1cc(N2CCN(CC)CC2)cc(-c2ccccc2)c1OC. The molecule has 1 aliphatic heterocycles. The molecule has 0 radical (unpaired) electrons. The lowest BCUT2D eigenvalue weighted by Gasteiger charge is -2.36. The van der Waals surface area contributed by atoms with E-state index in [1.165, 1.54) is 0 Å². The Labute approximate surface area is 175 Å². The predicted octanol–water partition coefficient (Wildman–Crippen LogP) is 4.08. The zero-order valence-corrected chi connectivity index (χ0v) is 18.5. The Hall–Kier alpha value is -2.05. The van der Waals surface area contributed by atoms with Crippen LogP contribution in [-0.4, -0.2) is 58.9 Å². The van der Waals surface area contributed by atoms with Crippen molar-refractivity contribution in [2.45, 2.75) is 31.6 Å². The summed E-state index contributed by atoms with van der Waals surface area (Å²) in [4.78, 5) is 5.01. The molecule has 1 aliphatic rings. The number of rotatable bonds is 8. The molecule has 6 heteroatoms. The van der Waals surface area contributed by atoms with Crippen LogP contribution >= 0.6 is 0 Å². The van der Waals surface area contributed by atoms with Gasteiger partial charge in [0.2, 0.25) is 0 Å². The summed E-state index contributed by atoms with van der Waals surface area (Å²) >= 11 is 0. The second-order valence-corrected chi connectivity index (χ2v) is 9.56. The number of piperazine rings is 1. The predicted molar refractivity (Wildman–Crippen MR) is 120 cm³/mol. The Morgan fingerprint density at radius 3 is 2.28 bits per heavy atom. The number of methoxy groups -OCH3 is 1. The number of ether oxygens (including phenoxy) is 1. The van der Waals surface area contributed by atoms with Gasteiger partial charge in [-0.1, -0.05) is 50.6 Å². The van der Waals surface area contributed by atoms with E-state index in [0.29, 0.717) is 17.1 Å². The number of nitrogens with zero attached hydrogens (tertiary/aromatic N) is 2. The molecule has 0 aliphatic carbocycles. The number of hydrogen-bond acceptors (Lipinski definition) is 5. The van der Waals surface area contributed by atoms with Crippen molar-refractivity contribution >= 4 is 15.5 Å². The van der Waals surface area contributed by atoms with Gasteiger partial charge in [-0.2, -0.15) is 0 Å². The van der Waals surface area contributed by atoms with E-state index in [0.717, 1.165) is 56.0 Å². The summed E-state index contributed by atoms with van der Waals surface area (Å²) < 4.78 is 32.0. The van der Waals surface area contributed by atoms with Crippen molar-refractivity contribution in [1.29, 1.82) is 0 Å². The molecule has 0 atom stereocenters. The number of benzene rings is 2. The van der Waals surface area contributed by atoms with Gasteiger partial charge in [-0.25, -0.2) is 8.42 Å². The summed E-state index contributed by atoms with van der Waals surface area (Å²) in [7, 11) is -1.88. The van der Waals surface area contributed by atoms with Gasteiger partial charge in [0.25, 0.3) is 0 Å². The van der Waals surface area contributed by atoms with Crippen LogP contribution in [0, 0.1) is 0 Å². The lowest BCUT2D eigenvalue weighted by Crippen LogP contribution is -2.46. The lowest BCUT2D eigenvalue weighted by atomic mass is 10.0. The molecule has 0 N–H and O–H groups in total. The minimum atomic E-state index is -3.43. The fourth-order valence-electron chi connectivity index (χ4n) is 3.81. The smallest absolute Gasteiger partial charge is 0.182 e. The summed E-state index contributed by atoms with van der Waals surface area (Å²) in [5.41, 5.74) is 2.75. The van der Waals surface area contributed by atoms with Crippen LogP contribution in [0.3, 0.4) is 0 Å². The highest BCUT2D eigenvalue weighted by atomic mass is 32.2. The van der Waals surface area contributed by atoms with Gasteiger partial charge in [0.15, 0.2) is 9.84 Å². The number of anilines is 1. The molecule has 2 aromatic carbocycles. The molecule has 5 nitrogen and oxygen atoms in total. The van der Waals surface area contributed by atoms with Gasteiger partial charge in [-0.05, 0) is 30.7 Å². The Bertz CT molecular complexity index is 905. The molecule has 0 spiro atoms. The first-order valence-corrected chi connectivity index (χ1v) is 12.1. The minimum absolute atomic E-state index is 0.140. The average Bonchev–Trinajstić information content (AvgIpc) is 2.77. The number of likely N-dealkylation sites (N-methyl/N-ethyl adjacent to an activating group) is 1. The third-order valence-corrected chi connectivity index (χ3v) is 7.41. The van der Waals surface area contributed by atoms with E-state index in [1.807, 2.05) is 43.3 Å². The summed E-state index contributed by atoms with van der Waals surface area (Å²) in [6.45, 7) is 8.98. The first-order chi connectivity index (χ1) is 14.0. The second-order valence-electron chi connectivity index (χ2n) is 7.48. The largest absolute Gasteiger partial charge is 0.495 e. The highest BCUT2D eigenvalue weighted by Gasteiger charge is 2.26. The van der Waals surface area contributed by atoms with E-state index in [9.17, 15) is 8.42 Å². The Balaban J connectivity index is 2.11. The molecule has 0 bridgehead atoms. The molecule has 0 saturated carbocycles. The van der Waals surface area contributed by atoms with Crippen molar-refractivity contribution in [1.82, 2.24) is 4.90 Å². The molecule has 1 fully saturated rings. The van der Waals surface area contributed by atoms with Crippen LogP contribution in [0.1, 0.15) is 26.7 Å². The quantitative estimate of drug-likeness (QED) is 0.649.